The summed E-state index contributed by atoms with van der Waals surface area (Å²) in [5.74, 6) is 0. The molecule has 0 unspecified atom stereocenters. The van der Waals surface area contributed by atoms with E-state index in [1.165, 1.54) is 0 Å². The molecule has 0 radical (unpaired) electrons. The molecule has 0 saturated carbocycles. The maximum Gasteiger partial charge on any atom is 0.0861 e. The number of nitrogens with one attached hydrogen (secondary N) is 1. The fourth-order valence-corrected chi connectivity index (χ4v) is 1.19. The van der Waals surface area contributed by atoms with E-state index in [1.807, 2.05) is 13.0 Å². The van der Waals surface area contributed by atoms with Crippen molar-refractivity contribution in [1.82, 2.24) is 4.98 Å². The molecule has 0 amide bonds. The van der Waals surface area contributed by atoms with E-state index in [1.54, 1.807) is 0 Å². The van der Waals surface area contributed by atoms with Gasteiger partial charge >= 0.3 is 0 Å². The van der Waals surface area contributed by atoms with Crippen LogP contribution in [0.4, 0.5) is 5.69 Å². The fourth-order valence-electron chi connectivity index (χ4n) is 1.19. The molecule has 2 heteroatoms. The molecule has 2 heterocycles. The number of rotatable bonds is 0. The summed E-state index contributed by atoms with van der Waals surface area (Å²) < 4.78 is 0. The van der Waals surface area contributed by atoms with Crippen molar-refractivity contribution in [1.29, 1.82) is 0 Å². The molecule has 1 aromatic rings. The third-order valence-electron chi connectivity index (χ3n) is 1.75. The number of nitrogens with zero attached hydrogens (tertiary/aromatic N) is 1. The number of aromatic nitrogens is 1. The van der Waals surface area contributed by atoms with Crippen molar-refractivity contribution in [3.8, 4) is 0 Å². The lowest BCUT2D eigenvalue weighted by molar-refractivity contribution is 1.15. The number of pyridine rings is 1. The van der Waals surface area contributed by atoms with Gasteiger partial charge in [-0.3, -0.25) is 4.98 Å². The third kappa shape index (κ3) is 1.11. The Kier molecular flexibility index (Phi) is 1.39. The lowest BCUT2D eigenvalue weighted by Gasteiger charge is -2.11. The van der Waals surface area contributed by atoms with Gasteiger partial charge in [0.2, 0.25) is 0 Å². The molecule has 1 N–H and O–H groups in total. The summed E-state index contributed by atoms with van der Waals surface area (Å²) in [4.78, 5) is 4.36. The third-order valence-corrected chi connectivity index (χ3v) is 1.75. The highest BCUT2D eigenvalue weighted by Gasteiger charge is 2.02. The Balaban J connectivity index is 2.54. The number of fused-ring (bicyclic) bond motifs is 1. The van der Waals surface area contributed by atoms with Crippen LogP contribution >= 0.6 is 0 Å². The van der Waals surface area contributed by atoms with Crippen LogP contribution in [0.5, 0.6) is 0 Å². The predicted molar refractivity (Wildman–Crippen MR) is 46.5 cm³/mol. The minimum atomic E-state index is 0.914. The van der Waals surface area contributed by atoms with Gasteiger partial charge in [0.1, 0.15) is 0 Å². The van der Waals surface area contributed by atoms with Gasteiger partial charge in [-0.25, -0.2) is 0 Å². The molecule has 0 fully saturated rings. The summed E-state index contributed by atoms with van der Waals surface area (Å²) in [5, 5.41) is 3.24. The van der Waals surface area contributed by atoms with Gasteiger partial charge in [-0.05, 0) is 25.1 Å². The van der Waals surface area contributed by atoms with Crippen LogP contribution in [-0.2, 0) is 0 Å². The molecule has 0 saturated heterocycles. The minimum absolute atomic E-state index is 0.914. The van der Waals surface area contributed by atoms with E-state index in [0.717, 1.165) is 23.6 Å². The van der Waals surface area contributed by atoms with Crippen molar-refractivity contribution in [2.75, 3.05) is 11.9 Å². The van der Waals surface area contributed by atoms with Crippen LogP contribution in [0.25, 0.3) is 6.08 Å². The summed E-state index contributed by atoms with van der Waals surface area (Å²) in [6.07, 6.45) is 4.13. The Morgan fingerprint density at radius 2 is 2.36 bits per heavy atom. The average Bonchev–Trinajstić information content (AvgIpc) is 2.04. The van der Waals surface area contributed by atoms with Gasteiger partial charge < -0.3 is 5.32 Å². The van der Waals surface area contributed by atoms with Crippen molar-refractivity contribution in [3.63, 3.8) is 0 Å². The molecule has 11 heavy (non-hydrogen) atoms. The van der Waals surface area contributed by atoms with E-state index < -0.39 is 0 Å². The summed E-state index contributed by atoms with van der Waals surface area (Å²) in [7, 11) is 0. The molecular weight excluding hydrogens is 136 g/mol. The molecule has 1 aromatic heterocycles. The zero-order chi connectivity index (χ0) is 7.68. The van der Waals surface area contributed by atoms with E-state index in [9.17, 15) is 0 Å². The number of aryl methyl sites for hydroxylation is 1. The monoisotopic (exact) mass is 146 g/mol. The van der Waals surface area contributed by atoms with Crippen molar-refractivity contribution in [3.05, 3.63) is 29.6 Å². The number of anilines is 1. The van der Waals surface area contributed by atoms with Crippen LogP contribution in [0.1, 0.15) is 11.4 Å². The molecule has 2 rings (SSSR count). The van der Waals surface area contributed by atoms with Gasteiger partial charge in [0.15, 0.2) is 0 Å². The van der Waals surface area contributed by atoms with E-state index in [2.05, 4.69) is 28.5 Å². The SMILES string of the molecule is Cc1ccc2c(n1)C=CCN2. The van der Waals surface area contributed by atoms with E-state index in [4.69, 9.17) is 0 Å². The Morgan fingerprint density at radius 1 is 1.45 bits per heavy atom. The highest BCUT2D eigenvalue weighted by atomic mass is 14.9. The van der Waals surface area contributed by atoms with Gasteiger partial charge in [-0.15, -0.1) is 0 Å². The molecule has 0 aliphatic carbocycles. The topological polar surface area (TPSA) is 24.9 Å². The molecule has 1 aliphatic rings. The highest BCUT2D eigenvalue weighted by molar-refractivity contribution is 5.66. The Morgan fingerprint density at radius 3 is 3.27 bits per heavy atom. The number of hydrogen-bond donors (Lipinski definition) is 1. The van der Waals surface area contributed by atoms with Gasteiger partial charge in [0, 0.05) is 12.2 Å². The van der Waals surface area contributed by atoms with Crippen molar-refractivity contribution >= 4 is 11.8 Å². The van der Waals surface area contributed by atoms with Crippen LogP contribution < -0.4 is 5.32 Å². The van der Waals surface area contributed by atoms with Crippen LogP contribution in [-0.4, -0.2) is 11.5 Å². The molecule has 0 spiro atoms. The smallest absolute Gasteiger partial charge is 0.0861 e. The maximum absolute atomic E-state index is 4.36. The number of hydrogen-bond acceptors (Lipinski definition) is 2. The summed E-state index contributed by atoms with van der Waals surface area (Å²) >= 11 is 0. The predicted octanol–water partition coefficient (Wildman–Crippen LogP) is 1.83. The second kappa shape index (κ2) is 2.38. The molecule has 0 bridgehead atoms. The van der Waals surface area contributed by atoms with Gasteiger partial charge in [-0.1, -0.05) is 6.08 Å². The molecule has 56 valence electrons. The first kappa shape index (κ1) is 6.40. The molecular formula is C9H10N2. The first-order valence-electron chi connectivity index (χ1n) is 3.74. The molecule has 1 aliphatic heterocycles. The first-order chi connectivity index (χ1) is 5.36. The molecule has 2 nitrogen and oxygen atoms in total. The Labute approximate surface area is 66.0 Å². The van der Waals surface area contributed by atoms with E-state index in [0.29, 0.717) is 0 Å². The summed E-state index contributed by atoms with van der Waals surface area (Å²) in [6.45, 7) is 2.92. The first-order valence-corrected chi connectivity index (χ1v) is 3.74. The quantitative estimate of drug-likeness (QED) is 0.604. The van der Waals surface area contributed by atoms with Crippen LogP contribution in [0, 0.1) is 6.92 Å². The summed E-state index contributed by atoms with van der Waals surface area (Å²) in [5.41, 5.74) is 3.26. The second-order valence-corrected chi connectivity index (χ2v) is 2.67. The highest BCUT2D eigenvalue weighted by Crippen LogP contribution is 2.17. The standard InChI is InChI=1S/C9H10N2/c1-7-4-5-8-9(11-7)3-2-6-10-8/h2-5,10H,6H2,1H3. The van der Waals surface area contributed by atoms with Crippen LogP contribution in [0.2, 0.25) is 0 Å². The minimum Gasteiger partial charge on any atom is -0.380 e. The van der Waals surface area contributed by atoms with Gasteiger partial charge in [-0.2, -0.15) is 0 Å². The molecule has 0 atom stereocenters. The summed E-state index contributed by atoms with van der Waals surface area (Å²) in [6, 6.07) is 4.09. The second-order valence-electron chi connectivity index (χ2n) is 2.67. The maximum atomic E-state index is 4.36. The average molecular weight is 146 g/mol. The van der Waals surface area contributed by atoms with Crippen molar-refractivity contribution < 1.29 is 0 Å². The van der Waals surface area contributed by atoms with Crippen molar-refractivity contribution in [2.24, 2.45) is 0 Å². The Bertz CT molecular complexity index is 302. The lowest BCUT2D eigenvalue weighted by Crippen LogP contribution is -2.05. The van der Waals surface area contributed by atoms with Crippen LogP contribution in [0.15, 0.2) is 18.2 Å². The lowest BCUT2D eigenvalue weighted by atomic mass is 10.2. The van der Waals surface area contributed by atoms with Crippen molar-refractivity contribution in [2.45, 2.75) is 6.92 Å². The normalized spacial score (nSPS) is 13.9. The van der Waals surface area contributed by atoms with E-state index >= 15 is 0 Å². The van der Waals surface area contributed by atoms with Crippen LogP contribution in [0.3, 0.4) is 0 Å². The Hall–Kier alpha value is -1.31. The zero-order valence-electron chi connectivity index (χ0n) is 6.46. The van der Waals surface area contributed by atoms with E-state index in [-0.39, 0.29) is 0 Å². The largest absolute Gasteiger partial charge is 0.380 e. The van der Waals surface area contributed by atoms with Gasteiger partial charge in [0.05, 0.1) is 11.4 Å². The molecule has 0 aromatic carbocycles. The van der Waals surface area contributed by atoms with Gasteiger partial charge in [0.25, 0.3) is 0 Å². The fraction of sp³-hybridized carbons (Fsp3) is 0.222. The zero-order valence-corrected chi connectivity index (χ0v) is 6.46.